The largest absolute Gasteiger partial charge is 0.493 e. The maximum absolute atomic E-state index is 12.6. The van der Waals surface area contributed by atoms with Gasteiger partial charge in [0.2, 0.25) is 11.7 Å². The van der Waals surface area contributed by atoms with E-state index in [0.29, 0.717) is 42.5 Å². The van der Waals surface area contributed by atoms with Crippen molar-refractivity contribution in [1.82, 2.24) is 10.6 Å². The number of ether oxygens (including phenoxy) is 3. The third-order valence-corrected chi connectivity index (χ3v) is 5.63. The van der Waals surface area contributed by atoms with E-state index in [0.717, 1.165) is 31.2 Å². The first-order valence-corrected chi connectivity index (χ1v) is 11.1. The van der Waals surface area contributed by atoms with Gasteiger partial charge in [0.25, 0.3) is 5.91 Å². The van der Waals surface area contributed by atoms with Crippen LogP contribution in [0.15, 0.2) is 42.5 Å². The molecule has 2 N–H and O–H groups in total. The Labute approximate surface area is 189 Å². The third kappa shape index (κ3) is 6.39. The van der Waals surface area contributed by atoms with E-state index in [1.165, 1.54) is 20.6 Å². The Hall–Kier alpha value is -3.22. The van der Waals surface area contributed by atoms with Gasteiger partial charge in [-0.1, -0.05) is 49.6 Å². The lowest BCUT2D eigenvalue weighted by molar-refractivity contribution is -0.125. The Bertz CT molecular complexity index is 869. The zero-order chi connectivity index (χ0) is 22.8. The second kappa shape index (κ2) is 12.0. The quantitative estimate of drug-likeness (QED) is 0.550. The predicted molar refractivity (Wildman–Crippen MR) is 122 cm³/mol. The van der Waals surface area contributed by atoms with E-state index in [2.05, 4.69) is 10.6 Å². The maximum Gasteiger partial charge on any atom is 0.251 e. The van der Waals surface area contributed by atoms with Gasteiger partial charge in [0.05, 0.1) is 14.2 Å². The van der Waals surface area contributed by atoms with E-state index in [1.807, 2.05) is 30.3 Å². The van der Waals surface area contributed by atoms with Gasteiger partial charge in [-0.15, -0.1) is 0 Å². The van der Waals surface area contributed by atoms with E-state index in [4.69, 9.17) is 14.2 Å². The van der Waals surface area contributed by atoms with E-state index in [1.54, 1.807) is 12.1 Å². The molecule has 1 aliphatic rings. The molecule has 0 bridgehead atoms. The van der Waals surface area contributed by atoms with E-state index in [9.17, 15) is 9.59 Å². The van der Waals surface area contributed by atoms with Gasteiger partial charge in [0.15, 0.2) is 11.5 Å². The monoisotopic (exact) mass is 440 g/mol. The molecule has 0 unspecified atom stereocenters. The molecular weight excluding hydrogens is 408 g/mol. The molecular formula is C25H32N2O5. The van der Waals surface area contributed by atoms with Gasteiger partial charge in [-0.25, -0.2) is 0 Å². The first-order valence-electron chi connectivity index (χ1n) is 11.1. The lowest BCUT2D eigenvalue weighted by Gasteiger charge is -2.20. The summed E-state index contributed by atoms with van der Waals surface area (Å²) in [6.07, 6.45) is 5.35. The first-order chi connectivity index (χ1) is 15.6. The molecule has 0 radical (unpaired) electrons. The minimum atomic E-state index is -0.275. The van der Waals surface area contributed by atoms with E-state index in [-0.39, 0.29) is 17.7 Å². The van der Waals surface area contributed by atoms with Crippen molar-refractivity contribution in [2.45, 2.75) is 38.7 Å². The predicted octanol–water partition coefficient (Wildman–Crippen LogP) is 3.71. The molecule has 2 aromatic rings. The summed E-state index contributed by atoms with van der Waals surface area (Å²) in [7, 11) is 3.04. The summed E-state index contributed by atoms with van der Waals surface area (Å²) in [4.78, 5) is 24.9. The highest BCUT2D eigenvalue weighted by Crippen LogP contribution is 2.39. The Morgan fingerprint density at radius 2 is 1.53 bits per heavy atom. The van der Waals surface area contributed by atoms with Crippen LogP contribution < -0.4 is 24.8 Å². The minimum absolute atomic E-state index is 0.0854. The summed E-state index contributed by atoms with van der Waals surface area (Å²) < 4.78 is 16.8. The van der Waals surface area contributed by atoms with Gasteiger partial charge in [0.1, 0.15) is 6.61 Å². The number of carbonyl (C=O) groups is 2. The topological polar surface area (TPSA) is 85.9 Å². The fourth-order valence-corrected chi connectivity index (χ4v) is 3.86. The van der Waals surface area contributed by atoms with Crippen LogP contribution >= 0.6 is 0 Å². The summed E-state index contributed by atoms with van der Waals surface area (Å²) >= 11 is 0. The molecule has 7 nitrogen and oxygen atoms in total. The Morgan fingerprint density at radius 1 is 0.906 bits per heavy atom. The van der Waals surface area contributed by atoms with Gasteiger partial charge in [0, 0.05) is 24.6 Å². The number of hydrogen-bond donors (Lipinski definition) is 2. The van der Waals surface area contributed by atoms with E-state index >= 15 is 0 Å². The van der Waals surface area contributed by atoms with Crippen LogP contribution in [0.2, 0.25) is 0 Å². The molecule has 1 fully saturated rings. The van der Waals surface area contributed by atoms with Gasteiger partial charge in [-0.3, -0.25) is 9.59 Å². The number of methoxy groups -OCH3 is 2. The first kappa shape index (κ1) is 23.4. The van der Waals surface area contributed by atoms with E-state index < -0.39 is 0 Å². The molecule has 32 heavy (non-hydrogen) atoms. The van der Waals surface area contributed by atoms with Crippen LogP contribution in [0.3, 0.4) is 0 Å². The van der Waals surface area contributed by atoms with Gasteiger partial charge in [-0.05, 0) is 30.5 Å². The highest BCUT2D eigenvalue weighted by atomic mass is 16.5. The number of amides is 2. The van der Waals surface area contributed by atoms with Crippen molar-refractivity contribution in [2.75, 3.05) is 27.3 Å². The second-order valence-electron chi connectivity index (χ2n) is 7.87. The molecule has 0 aromatic heterocycles. The molecule has 7 heteroatoms. The molecule has 3 rings (SSSR count). The average Bonchev–Trinajstić information content (AvgIpc) is 2.85. The van der Waals surface area contributed by atoms with Crippen LogP contribution in [0.5, 0.6) is 17.2 Å². The molecule has 0 atom stereocenters. The summed E-state index contributed by atoms with van der Waals surface area (Å²) in [6.45, 7) is 1.08. The van der Waals surface area contributed by atoms with Crippen LogP contribution in [0.25, 0.3) is 0 Å². The van der Waals surface area contributed by atoms with Gasteiger partial charge < -0.3 is 24.8 Å². The zero-order valence-electron chi connectivity index (χ0n) is 18.8. The SMILES string of the molecule is COc1cc(C(=O)NCCNC(=O)C2CCCCC2)cc(OC)c1OCc1ccccc1. The van der Waals surface area contributed by atoms with Crippen molar-refractivity contribution >= 4 is 11.8 Å². The van der Waals surface area contributed by atoms with Crippen LogP contribution in [-0.2, 0) is 11.4 Å². The lowest BCUT2D eigenvalue weighted by atomic mass is 9.89. The minimum Gasteiger partial charge on any atom is -0.493 e. The number of carbonyl (C=O) groups excluding carboxylic acids is 2. The van der Waals surface area contributed by atoms with Crippen molar-refractivity contribution in [1.29, 1.82) is 0 Å². The summed E-state index contributed by atoms with van der Waals surface area (Å²) in [5.74, 6) is 1.18. The van der Waals surface area contributed by atoms with Crippen LogP contribution in [0.4, 0.5) is 0 Å². The molecule has 172 valence electrons. The molecule has 1 aliphatic carbocycles. The van der Waals surface area contributed by atoms with Gasteiger partial charge in [-0.2, -0.15) is 0 Å². The van der Waals surface area contributed by atoms with Crippen LogP contribution in [0.1, 0.15) is 48.0 Å². The van der Waals surface area contributed by atoms with Crippen molar-refractivity contribution in [3.8, 4) is 17.2 Å². The van der Waals surface area contributed by atoms with Crippen LogP contribution in [0, 0.1) is 5.92 Å². The smallest absolute Gasteiger partial charge is 0.251 e. The molecule has 1 saturated carbocycles. The molecule has 0 aliphatic heterocycles. The summed E-state index contributed by atoms with van der Waals surface area (Å²) in [5.41, 5.74) is 1.40. The number of nitrogens with one attached hydrogen (secondary N) is 2. The summed E-state index contributed by atoms with van der Waals surface area (Å²) in [5, 5.41) is 5.75. The highest BCUT2D eigenvalue weighted by molar-refractivity contribution is 5.95. The molecule has 0 heterocycles. The molecule has 2 amide bonds. The highest BCUT2D eigenvalue weighted by Gasteiger charge is 2.21. The van der Waals surface area contributed by atoms with Gasteiger partial charge >= 0.3 is 0 Å². The molecule has 0 saturated heterocycles. The zero-order valence-corrected chi connectivity index (χ0v) is 18.8. The second-order valence-corrected chi connectivity index (χ2v) is 7.87. The summed E-state index contributed by atoms with van der Waals surface area (Å²) in [6, 6.07) is 13.0. The third-order valence-electron chi connectivity index (χ3n) is 5.63. The number of rotatable bonds is 10. The normalized spacial score (nSPS) is 13.8. The van der Waals surface area contributed by atoms with Crippen LogP contribution in [-0.4, -0.2) is 39.1 Å². The Kier molecular flexibility index (Phi) is 8.78. The number of benzene rings is 2. The Balaban J connectivity index is 1.56. The molecule has 2 aromatic carbocycles. The molecule has 0 spiro atoms. The Morgan fingerprint density at radius 3 is 2.16 bits per heavy atom. The van der Waals surface area contributed by atoms with Crippen molar-refractivity contribution in [2.24, 2.45) is 5.92 Å². The fraction of sp³-hybridized carbons (Fsp3) is 0.440. The lowest BCUT2D eigenvalue weighted by Crippen LogP contribution is -2.38. The maximum atomic E-state index is 12.6. The number of hydrogen-bond acceptors (Lipinski definition) is 5. The average molecular weight is 441 g/mol. The van der Waals surface area contributed by atoms with Crippen molar-refractivity contribution < 1.29 is 23.8 Å². The van der Waals surface area contributed by atoms with Crippen molar-refractivity contribution in [3.63, 3.8) is 0 Å². The van der Waals surface area contributed by atoms with Crippen molar-refractivity contribution in [3.05, 3.63) is 53.6 Å². The fourth-order valence-electron chi connectivity index (χ4n) is 3.86. The standard InChI is InChI=1S/C25H32N2O5/c1-30-21-15-20(16-22(31-2)23(21)32-17-18-9-5-3-6-10-18)25(29)27-14-13-26-24(28)19-11-7-4-8-12-19/h3,5-6,9-10,15-16,19H,4,7-8,11-14,17H2,1-2H3,(H,26,28)(H,27,29).